The number of hydrogen-bond donors (Lipinski definition) is 0. The maximum absolute atomic E-state index is 5.83. The van der Waals surface area contributed by atoms with Crippen molar-refractivity contribution in [1.29, 1.82) is 0 Å². The second kappa shape index (κ2) is 7.12. The fourth-order valence-electron chi connectivity index (χ4n) is 2.35. The van der Waals surface area contributed by atoms with Crippen molar-refractivity contribution in [1.82, 2.24) is 30.4 Å². The molecule has 1 unspecified atom stereocenters. The van der Waals surface area contributed by atoms with Gasteiger partial charge in [-0.2, -0.15) is 0 Å². The van der Waals surface area contributed by atoms with Crippen LogP contribution in [0.3, 0.4) is 0 Å². The molecule has 0 saturated heterocycles. The van der Waals surface area contributed by atoms with Gasteiger partial charge in [0.15, 0.2) is 0 Å². The van der Waals surface area contributed by atoms with Crippen molar-refractivity contribution in [2.45, 2.75) is 30.8 Å². The number of nitrogens with zero attached hydrogens (tertiary/aromatic N) is 6. The second-order valence-corrected chi connectivity index (χ2v) is 7.08. The number of aryl methyl sites for hydroxylation is 1. The summed E-state index contributed by atoms with van der Waals surface area (Å²) in [7, 11) is 0. The fraction of sp³-hybridized carbons (Fsp3) is 0.235. The number of rotatable bonds is 6. The number of aromatic nitrogens is 6. The normalized spacial score (nSPS) is 12.4. The minimum absolute atomic E-state index is 0.0944. The van der Waals surface area contributed by atoms with Crippen LogP contribution in [-0.2, 0) is 6.54 Å². The maximum atomic E-state index is 5.83. The first kappa shape index (κ1) is 16.5. The summed E-state index contributed by atoms with van der Waals surface area (Å²) in [5, 5.41) is 20.7. The van der Waals surface area contributed by atoms with Gasteiger partial charge < -0.3 is 8.83 Å². The van der Waals surface area contributed by atoms with Crippen LogP contribution >= 0.6 is 11.8 Å². The maximum Gasteiger partial charge on any atom is 0.247 e. The summed E-state index contributed by atoms with van der Waals surface area (Å²) >= 11 is 1.45. The van der Waals surface area contributed by atoms with Crippen molar-refractivity contribution in [2.24, 2.45) is 0 Å². The van der Waals surface area contributed by atoms with Crippen molar-refractivity contribution in [2.75, 3.05) is 0 Å². The Morgan fingerprint density at radius 2 is 1.96 bits per heavy atom. The summed E-state index contributed by atoms with van der Waals surface area (Å²) in [5.74, 6) is 1.81. The molecule has 1 atom stereocenters. The summed E-state index contributed by atoms with van der Waals surface area (Å²) < 4.78 is 12.8. The van der Waals surface area contributed by atoms with Crippen molar-refractivity contribution >= 4 is 11.8 Å². The van der Waals surface area contributed by atoms with Gasteiger partial charge in [0.05, 0.1) is 11.5 Å². The van der Waals surface area contributed by atoms with E-state index in [9.17, 15) is 0 Å². The van der Waals surface area contributed by atoms with Crippen LogP contribution in [0.1, 0.15) is 29.4 Å². The summed E-state index contributed by atoms with van der Waals surface area (Å²) in [6, 6.07) is 11.7. The minimum Gasteiger partial charge on any atom is -0.467 e. The van der Waals surface area contributed by atoms with Crippen LogP contribution < -0.4 is 0 Å². The highest BCUT2D eigenvalue weighted by molar-refractivity contribution is 7.99. The summed E-state index contributed by atoms with van der Waals surface area (Å²) in [6.45, 7) is 4.48. The number of hydrogen-bond acceptors (Lipinski definition) is 8. The van der Waals surface area contributed by atoms with Crippen LogP contribution in [-0.4, -0.2) is 30.4 Å². The molecule has 132 valence electrons. The van der Waals surface area contributed by atoms with Crippen molar-refractivity contribution in [3.8, 4) is 11.5 Å². The van der Waals surface area contributed by atoms with E-state index in [2.05, 4.69) is 25.7 Å². The molecule has 0 amide bonds. The minimum atomic E-state index is -0.0944. The van der Waals surface area contributed by atoms with Gasteiger partial charge in [-0.25, -0.2) is 4.68 Å². The van der Waals surface area contributed by atoms with E-state index in [-0.39, 0.29) is 5.25 Å². The second-order valence-electron chi connectivity index (χ2n) is 5.77. The molecule has 4 aromatic rings. The first-order valence-corrected chi connectivity index (χ1v) is 8.92. The zero-order valence-electron chi connectivity index (χ0n) is 14.2. The third kappa shape index (κ3) is 3.52. The van der Waals surface area contributed by atoms with E-state index in [1.54, 1.807) is 10.9 Å². The molecule has 9 heteroatoms. The van der Waals surface area contributed by atoms with Crippen molar-refractivity contribution in [3.05, 3.63) is 59.9 Å². The molecule has 0 spiro atoms. The number of thioether (sulfide) groups is 1. The Balaban J connectivity index is 1.48. The Labute approximate surface area is 153 Å². The topological polar surface area (TPSA) is 95.7 Å². The van der Waals surface area contributed by atoms with E-state index < -0.39 is 0 Å². The molecule has 0 aliphatic carbocycles. The van der Waals surface area contributed by atoms with Crippen LogP contribution in [0.25, 0.3) is 11.5 Å². The van der Waals surface area contributed by atoms with Gasteiger partial charge in [-0.05, 0) is 48.5 Å². The Bertz CT molecular complexity index is 977. The number of benzene rings is 1. The van der Waals surface area contributed by atoms with Gasteiger partial charge >= 0.3 is 0 Å². The van der Waals surface area contributed by atoms with E-state index in [1.165, 1.54) is 17.3 Å². The summed E-state index contributed by atoms with van der Waals surface area (Å²) in [4.78, 5) is 0. The molecule has 3 aromatic heterocycles. The molecule has 0 aliphatic heterocycles. The zero-order chi connectivity index (χ0) is 17.9. The molecule has 4 rings (SSSR count). The highest BCUT2D eigenvalue weighted by atomic mass is 32.2. The highest BCUT2D eigenvalue weighted by Gasteiger charge is 2.20. The van der Waals surface area contributed by atoms with Crippen molar-refractivity contribution in [3.63, 3.8) is 0 Å². The van der Waals surface area contributed by atoms with Crippen LogP contribution in [0.4, 0.5) is 0 Å². The van der Waals surface area contributed by atoms with Crippen LogP contribution in [0, 0.1) is 6.92 Å². The van der Waals surface area contributed by atoms with Gasteiger partial charge in [-0.3, -0.25) is 0 Å². The number of furan rings is 1. The van der Waals surface area contributed by atoms with Gasteiger partial charge in [-0.15, -0.1) is 15.3 Å². The van der Waals surface area contributed by atoms with Crippen LogP contribution in [0.2, 0.25) is 0 Å². The summed E-state index contributed by atoms with van der Waals surface area (Å²) in [5.41, 5.74) is 2.08. The third-order valence-electron chi connectivity index (χ3n) is 3.75. The molecule has 0 N–H and O–H groups in total. The zero-order valence-corrected chi connectivity index (χ0v) is 15.1. The average molecular weight is 368 g/mol. The smallest absolute Gasteiger partial charge is 0.247 e. The Hall–Kier alpha value is -2.94. The van der Waals surface area contributed by atoms with E-state index >= 15 is 0 Å². The molecule has 0 bridgehead atoms. The lowest BCUT2D eigenvalue weighted by Crippen LogP contribution is -2.04. The van der Waals surface area contributed by atoms with E-state index in [0.29, 0.717) is 23.5 Å². The SMILES string of the molecule is Cc1ccc(-c2nnc(C(C)Sc3nnnn3Cc3ccco3)o2)cc1. The standard InChI is InChI=1S/C17H16N6O2S/c1-11-5-7-13(8-6-11)16-19-18-15(25-16)12(2)26-17-20-21-22-23(17)10-14-4-3-9-24-14/h3-9,12H,10H2,1-2H3. The molecule has 0 saturated carbocycles. The van der Waals surface area contributed by atoms with Crippen LogP contribution in [0.15, 0.2) is 56.7 Å². The van der Waals surface area contributed by atoms with Crippen molar-refractivity contribution < 1.29 is 8.83 Å². The van der Waals surface area contributed by atoms with E-state index in [0.717, 1.165) is 11.3 Å². The van der Waals surface area contributed by atoms with Gasteiger partial charge in [0.1, 0.15) is 12.3 Å². The number of tetrazole rings is 1. The largest absolute Gasteiger partial charge is 0.467 e. The molecule has 8 nitrogen and oxygen atoms in total. The first-order valence-electron chi connectivity index (χ1n) is 8.04. The van der Waals surface area contributed by atoms with Gasteiger partial charge in [0.25, 0.3) is 0 Å². The highest BCUT2D eigenvalue weighted by Crippen LogP contribution is 2.33. The quantitative estimate of drug-likeness (QED) is 0.477. The Morgan fingerprint density at radius 1 is 1.12 bits per heavy atom. The molecule has 1 aromatic carbocycles. The third-order valence-corrected chi connectivity index (χ3v) is 4.81. The fourth-order valence-corrected chi connectivity index (χ4v) is 3.17. The van der Waals surface area contributed by atoms with E-state index in [4.69, 9.17) is 8.83 Å². The van der Waals surface area contributed by atoms with Crippen LogP contribution in [0.5, 0.6) is 0 Å². The van der Waals surface area contributed by atoms with E-state index in [1.807, 2.05) is 50.2 Å². The van der Waals surface area contributed by atoms with Gasteiger partial charge in [-0.1, -0.05) is 29.5 Å². The monoisotopic (exact) mass is 368 g/mol. The molecule has 26 heavy (non-hydrogen) atoms. The molecule has 0 aliphatic rings. The molecular weight excluding hydrogens is 352 g/mol. The molecule has 3 heterocycles. The van der Waals surface area contributed by atoms with Gasteiger partial charge in [0.2, 0.25) is 16.9 Å². The summed E-state index contributed by atoms with van der Waals surface area (Å²) in [6.07, 6.45) is 1.63. The van der Waals surface area contributed by atoms with Gasteiger partial charge in [0, 0.05) is 5.56 Å². The predicted octanol–water partition coefficient (Wildman–Crippen LogP) is 3.53. The lowest BCUT2D eigenvalue weighted by atomic mass is 10.1. The Morgan fingerprint density at radius 3 is 2.73 bits per heavy atom. The lowest BCUT2D eigenvalue weighted by Gasteiger charge is -2.06. The predicted molar refractivity (Wildman–Crippen MR) is 94.4 cm³/mol. The molecular formula is C17H16N6O2S. The lowest BCUT2D eigenvalue weighted by molar-refractivity contribution is 0.462. The first-order chi connectivity index (χ1) is 12.7. The molecule has 0 radical (unpaired) electrons. The molecule has 0 fully saturated rings. The Kier molecular flexibility index (Phi) is 4.53. The average Bonchev–Trinajstić information content (AvgIpc) is 3.38.